The topological polar surface area (TPSA) is 77.2 Å². The van der Waals surface area contributed by atoms with Gasteiger partial charge in [0.15, 0.2) is 0 Å². The molecule has 3 rings (SSSR count). The lowest BCUT2D eigenvalue weighted by atomic mass is 10.2. The molecule has 3 aromatic rings. The summed E-state index contributed by atoms with van der Waals surface area (Å²) in [7, 11) is -6.60. The molecule has 9 heteroatoms. The van der Waals surface area contributed by atoms with Crippen LogP contribution in [-0.4, -0.2) is 12.6 Å². The Morgan fingerprint density at radius 1 is 0.964 bits per heavy atom. The van der Waals surface area contributed by atoms with Crippen molar-refractivity contribution < 1.29 is 21.4 Å². The number of halogens is 3. The van der Waals surface area contributed by atoms with Gasteiger partial charge in [0, 0.05) is 16.5 Å². The van der Waals surface area contributed by atoms with E-state index in [1.165, 1.54) is 12.1 Å². The Morgan fingerprint density at radius 2 is 1.57 bits per heavy atom. The monoisotopic (exact) mass is 441 g/mol. The maximum absolute atomic E-state index is 14.1. The molecule has 3 aromatic carbocycles. The molecule has 0 saturated carbocycles. The van der Waals surface area contributed by atoms with E-state index in [0.29, 0.717) is 11.4 Å². The Labute approximate surface area is 168 Å². The molecule has 0 aliphatic heterocycles. The molecule has 28 heavy (non-hydrogen) atoms. The first kappa shape index (κ1) is 20.6. The highest BCUT2D eigenvalue weighted by molar-refractivity contribution is 7.92. The van der Waals surface area contributed by atoms with Gasteiger partial charge in [-0.15, -0.1) is 0 Å². The predicted molar refractivity (Wildman–Crippen MR) is 102 cm³/mol. The van der Waals surface area contributed by atoms with Crippen molar-refractivity contribution in [3.8, 4) is 0 Å². The van der Waals surface area contributed by atoms with Crippen LogP contribution in [-0.2, 0) is 27.2 Å². The molecule has 146 valence electrons. The molecule has 0 bridgehead atoms. The summed E-state index contributed by atoms with van der Waals surface area (Å²) in [5.41, 5.74) is 6.34. The number of sulfone groups is 1. The van der Waals surface area contributed by atoms with Crippen LogP contribution in [0.15, 0.2) is 80.2 Å². The molecular formula is C19H14ClF2NO3S2. The van der Waals surface area contributed by atoms with E-state index in [2.05, 4.69) is 0 Å². The fraction of sp³-hybridized carbons (Fsp3) is 0.0526. The van der Waals surface area contributed by atoms with Crippen LogP contribution >= 0.6 is 11.6 Å². The van der Waals surface area contributed by atoms with E-state index in [1.54, 1.807) is 24.3 Å². The highest BCUT2D eigenvalue weighted by atomic mass is 35.5. The van der Waals surface area contributed by atoms with Crippen molar-refractivity contribution in [2.75, 3.05) is 0 Å². The summed E-state index contributed by atoms with van der Waals surface area (Å²) in [5.74, 6) is -2.49. The molecular weight excluding hydrogens is 428 g/mol. The van der Waals surface area contributed by atoms with Gasteiger partial charge in [-0.3, -0.25) is 0 Å². The van der Waals surface area contributed by atoms with Gasteiger partial charge in [-0.25, -0.2) is 21.4 Å². The number of rotatable bonds is 5. The SMILES string of the molecule is NCc1ccc(S(=O)c2ccc(Cl)cc2S(=O)(=O)c2c(F)cccc2F)cc1. The Balaban J connectivity index is 2.19. The van der Waals surface area contributed by atoms with Crippen molar-refractivity contribution in [1.82, 2.24) is 0 Å². The van der Waals surface area contributed by atoms with Crippen molar-refractivity contribution in [3.63, 3.8) is 0 Å². The summed E-state index contributed by atoms with van der Waals surface area (Å²) < 4.78 is 67.3. The number of nitrogens with two attached hydrogens (primary N) is 1. The third kappa shape index (κ3) is 3.86. The van der Waals surface area contributed by atoms with Gasteiger partial charge in [-0.1, -0.05) is 29.8 Å². The Morgan fingerprint density at radius 3 is 2.14 bits per heavy atom. The highest BCUT2D eigenvalue weighted by Crippen LogP contribution is 2.33. The van der Waals surface area contributed by atoms with Crippen LogP contribution in [0, 0.1) is 11.6 Å². The normalized spacial score (nSPS) is 12.7. The van der Waals surface area contributed by atoms with Crippen LogP contribution < -0.4 is 5.73 Å². The standard InChI is InChI=1S/C19H14ClF2NO3S2/c20-13-6-9-17(27(24)14-7-4-12(11-23)5-8-14)18(10-13)28(25,26)19-15(21)2-1-3-16(19)22/h1-10H,11,23H2. The van der Waals surface area contributed by atoms with Gasteiger partial charge < -0.3 is 5.73 Å². The van der Waals surface area contributed by atoms with Crippen LogP contribution in [0.3, 0.4) is 0 Å². The van der Waals surface area contributed by atoms with Gasteiger partial charge in [-0.05, 0) is 48.0 Å². The minimum atomic E-state index is -4.67. The Bertz CT molecular complexity index is 1150. The second-order valence-corrected chi connectivity index (χ2v) is 9.50. The molecule has 0 amide bonds. The van der Waals surface area contributed by atoms with Crippen LogP contribution in [0.5, 0.6) is 0 Å². The summed E-state index contributed by atoms with van der Waals surface area (Å²) in [6.07, 6.45) is 0. The molecule has 4 nitrogen and oxygen atoms in total. The summed E-state index contributed by atoms with van der Waals surface area (Å²) >= 11 is 5.92. The lowest BCUT2D eigenvalue weighted by molar-refractivity contribution is 0.518. The largest absolute Gasteiger partial charge is 0.326 e. The molecule has 1 unspecified atom stereocenters. The predicted octanol–water partition coefficient (Wildman–Crippen LogP) is 4.08. The van der Waals surface area contributed by atoms with Gasteiger partial charge in [0.1, 0.15) is 16.5 Å². The van der Waals surface area contributed by atoms with Crippen molar-refractivity contribution in [1.29, 1.82) is 0 Å². The fourth-order valence-corrected chi connectivity index (χ4v) is 5.92. The first-order valence-corrected chi connectivity index (χ1v) is 11.0. The molecule has 0 radical (unpaired) electrons. The van der Waals surface area contributed by atoms with E-state index in [1.807, 2.05) is 0 Å². The molecule has 0 aliphatic rings. The molecule has 1 atom stereocenters. The Hall–Kier alpha value is -2.13. The first-order chi connectivity index (χ1) is 13.3. The van der Waals surface area contributed by atoms with Crippen LogP contribution in [0.4, 0.5) is 8.78 Å². The van der Waals surface area contributed by atoms with E-state index < -0.39 is 42.1 Å². The molecule has 0 aliphatic carbocycles. The van der Waals surface area contributed by atoms with Crippen LogP contribution in [0.25, 0.3) is 0 Å². The first-order valence-electron chi connectivity index (χ1n) is 7.95. The summed E-state index contributed by atoms with van der Waals surface area (Å²) in [6.45, 7) is 0.292. The van der Waals surface area contributed by atoms with E-state index >= 15 is 0 Å². The van der Waals surface area contributed by atoms with Gasteiger partial charge in [0.25, 0.3) is 0 Å². The zero-order chi connectivity index (χ0) is 20.5. The lowest BCUT2D eigenvalue weighted by Crippen LogP contribution is -2.11. The van der Waals surface area contributed by atoms with Crippen molar-refractivity contribution in [2.24, 2.45) is 5.73 Å². The maximum Gasteiger partial charge on any atom is 0.213 e. The minimum Gasteiger partial charge on any atom is -0.326 e. The smallest absolute Gasteiger partial charge is 0.213 e. The van der Waals surface area contributed by atoms with Crippen LogP contribution in [0.2, 0.25) is 5.02 Å². The van der Waals surface area contributed by atoms with Crippen LogP contribution in [0.1, 0.15) is 5.56 Å². The fourth-order valence-electron chi connectivity index (χ4n) is 2.57. The van der Waals surface area contributed by atoms with E-state index in [4.69, 9.17) is 17.3 Å². The zero-order valence-electron chi connectivity index (χ0n) is 14.2. The highest BCUT2D eigenvalue weighted by Gasteiger charge is 2.30. The summed E-state index contributed by atoms with van der Waals surface area (Å²) in [5, 5.41) is 0.0227. The lowest BCUT2D eigenvalue weighted by Gasteiger charge is -2.12. The summed E-state index contributed by atoms with van der Waals surface area (Å²) in [4.78, 5) is -1.46. The van der Waals surface area contributed by atoms with Gasteiger partial charge in [-0.2, -0.15) is 0 Å². The quantitative estimate of drug-likeness (QED) is 0.647. The molecule has 2 N–H and O–H groups in total. The maximum atomic E-state index is 14.1. The molecule has 0 aromatic heterocycles. The number of hydrogen-bond acceptors (Lipinski definition) is 4. The van der Waals surface area contributed by atoms with Crippen molar-refractivity contribution >= 4 is 32.2 Å². The summed E-state index contributed by atoms with van der Waals surface area (Å²) in [6, 6.07) is 12.8. The molecule has 0 spiro atoms. The zero-order valence-corrected chi connectivity index (χ0v) is 16.6. The average Bonchev–Trinajstić information content (AvgIpc) is 2.67. The average molecular weight is 442 g/mol. The number of benzene rings is 3. The minimum absolute atomic E-state index is 0.0227. The van der Waals surface area contributed by atoms with E-state index in [9.17, 15) is 21.4 Å². The van der Waals surface area contributed by atoms with Gasteiger partial charge in [0.2, 0.25) is 9.84 Å². The van der Waals surface area contributed by atoms with Gasteiger partial charge >= 0.3 is 0 Å². The molecule has 0 saturated heterocycles. The van der Waals surface area contributed by atoms with Gasteiger partial charge in [0.05, 0.1) is 20.6 Å². The second-order valence-electron chi connectivity index (χ2n) is 5.76. The van der Waals surface area contributed by atoms with E-state index in [-0.39, 0.29) is 9.92 Å². The van der Waals surface area contributed by atoms with Crippen molar-refractivity contribution in [2.45, 2.75) is 26.1 Å². The van der Waals surface area contributed by atoms with E-state index in [0.717, 1.165) is 29.8 Å². The second kappa shape index (κ2) is 8.08. The third-order valence-corrected chi connectivity index (χ3v) is 7.62. The Kier molecular flexibility index (Phi) is 5.95. The van der Waals surface area contributed by atoms with Crippen molar-refractivity contribution in [3.05, 3.63) is 82.9 Å². The molecule has 0 fully saturated rings. The molecule has 0 heterocycles. The third-order valence-electron chi connectivity index (χ3n) is 3.96. The number of hydrogen-bond donors (Lipinski definition) is 1.